The number of aromatic amines is 1. The van der Waals surface area contributed by atoms with Crippen molar-refractivity contribution in [1.29, 1.82) is 0 Å². The van der Waals surface area contributed by atoms with Crippen LogP contribution in [0.5, 0.6) is 0 Å². The predicted molar refractivity (Wildman–Crippen MR) is 119 cm³/mol. The molecule has 1 saturated carbocycles. The molecule has 5 rings (SSSR count). The van der Waals surface area contributed by atoms with Crippen LogP contribution in [0, 0.1) is 0 Å². The highest BCUT2D eigenvalue weighted by molar-refractivity contribution is 5.92. The summed E-state index contributed by atoms with van der Waals surface area (Å²) in [5, 5.41) is 12.1. The smallest absolute Gasteiger partial charge is 0.250 e. The molecule has 0 atom stereocenters. The van der Waals surface area contributed by atoms with Gasteiger partial charge in [-0.2, -0.15) is 5.10 Å². The highest BCUT2D eigenvalue weighted by Gasteiger charge is 2.33. The molecule has 1 aromatic carbocycles. The molecule has 1 saturated heterocycles. The second-order valence-corrected chi connectivity index (χ2v) is 8.80. The number of alkyl halides is 2. The van der Waals surface area contributed by atoms with Gasteiger partial charge in [0.25, 0.3) is 5.92 Å². The van der Waals surface area contributed by atoms with E-state index in [2.05, 4.69) is 50.2 Å². The van der Waals surface area contributed by atoms with Gasteiger partial charge in [0.1, 0.15) is 5.69 Å². The fourth-order valence-corrected chi connectivity index (χ4v) is 4.32. The normalized spacial score (nSPS) is 19.3. The molecule has 0 amide bonds. The number of hydrogen-bond donors (Lipinski definition) is 2. The Morgan fingerprint density at radius 3 is 2.71 bits per heavy atom. The molecule has 1 aliphatic carbocycles. The molecule has 1 aliphatic heterocycles. The molecule has 3 aromatic rings. The number of hydrogen-bond acceptors (Lipinski definition) is 4. The summed E-state index contributed by atoms with van der Waals surface area (Å²) in [7, 11) is 0. The zero-order valence-electron chi connectivity index (χ0n) is 17.5. The van der Waals surface area contributed by atoms with Crippen LogP contribution in [-0.2, 0) is 6.54 Å². The molecule has 2 N–H and O–H groups in total. The Hall–Kier alpha value is -2.80. The summed E-state index contributed by atoms with van der Waals surface area (Å²) >= 11 is 0. The first-order chi connectivity index (χ1) is 15.0. The van der Waals surface area contributed by atoms with E-state index in [0.717, 1.165) is 39.0 Å². The van der Waals surface area contributed by atoms with Gasteiger partial charge in [-0.1, -0.05) is 12.6 Å². The van der Waals surface area contributed by atoms with E-state index in [0.29, 0.717) is 25.7 Å². The molecule has 2 aromatic heterocycles. The molecule has 3 heterocycles. The molecule has 31 heavy (non-hydrogen) atoms. The summed E-state index contributed by atoms with van der Waals surface area (Å²) in [4.78, 5) is 6.49. The lowest BCUT2D eigenvalue weighted by molar-refractivity contribution is -0.0566. The molecule has 0 radical (unpaired) electrons. The van der Waals surface area contributed by atoms with Gasteiger partial charge in [0.2, 0.25) is 0 Å². The molecule has 2 fully saturated rings. The van der Waals surface area contributed by atoms with Crippen LogP contribution >= 0.6 is 0 Å². The number of nitrogens with zero attached hydrogens (tertiary/aromatic N) is 3. The first kappa shape index (κ1) is 20.1. The lowest BCUT2D eigenvalue weighted by Crippen LogP contribution is -2.38. The topological polar surface area (TPSA) is 56.8 Å². The fourth-order valence-electron chi connectivity index (χ4n) is 4.32. The van der Waals surface area contributed by atoms with E-state index in [4.69, 9.17) is 0 Å². The van der Waals surface area contributed by atoms with Crippen molar-refractivity contribution >= 4 is 16.6 Å². The van der Waals surface area contributed by atoms with Crippen molar-refractivity contribution in [3.63, 3.8) is 0 Å². The van der Waals surface area contributed by atoms with Gasteiger partial charge in [-0.15, -0.1) is 0 Å². The third-order valence-corrected chi connectivity index (χ3v) is 6.45. The Balaban J connectivity index is 1.36. The van der Waals surface area contributed by atoms with Gasteiger partial charge in [-0.25, -0.2) is 8.78 Å². The minimum absolute atomic E-state index is 0.0706. The molecular formula is C24H27F2N5. The zero-order valence-corrected chi connectivity index (χ0v) is 17.5. The molecular weight excluding hydrogens is 396 g/mol. The third-order valence-electron chi connectivity index (χ3n) is 6.45. The number of likely N-dealkylation sites (tertiary alicyclic amines) is 1. The van der Waals surface area contributed by atoms with Crippen LogP contribution in [0.1, 0.15) is 43.4 Å². The highest BCUT2D eigenvalue weighted by atomic mass is 19.3. The number of piperidine rings is 1. The first-order valence-electron chi connectivity index (χ1n) is 11.0. The van der Waals surface area contributed by atoms with E-state index < -0.39 is 5.92 Å². The van der Waals surface area contributed by atoms with Gasteiger partial charge in [-0.05, 0) is 48.6 Å². The summed E-state index contributed by atoms with van der Waals surface area (Å²) in [5.41, 5.74) is 5.75. The standard InChI is InChI=1S/C24H27F2N5/c1-16(28-20-3-2-4-20)23-21-12-18(5-6-22(21)29-30-23)19-11-17(13-27-14-19)15-31-9-7-24(25,26)8-10-31/h5-6,11-14,20,28H,1-4,7-10,15H2,(H,29,30). The van der Waals surface area contributed by atoms with Gasteiger partial charge in [0.05, 0.1) is 11.2 Å². The van der Waals surface area contributed by atoms with Crippen molar-refractivity contribution < 1.29 is 8.78 Å². The minimum atomic E-state index is -2.52. The molecule has 0 bridgehead atoms. The Labute approximate surface area is 180 Å². The van der Waals surface area contributed by atoms with Gasteiger partial charge in [-0.3, -0.25) is 15.0 Å². The quantitative estimate of drug-likeness (QED) is 0.588. The molecule has 162 valence electrons. The van der Waals surface area contributed by atoms with E-state index in [1.54, 1.807) is 0 Å². The molecule has 2 aliphatic rings. The Kier molecular flexibility index (Phi) is 5.22. The molecule has 0 spiro atoms. The van der Waals surface area contributed by atoms with E-state index in [-0.39, 0.29) is 12.8 Å². The molecule has 0 unspecified atom stereocenters. The number of halogens is 2. The second kappa shape index (κ2) is 8.04. The minimum Gasteiger partial charge on any atom is -0.381 e. The average Bonchev–Trinajstić information content (AvgIpc) is 3.16. The SMILES string of the molecule is C=C(NC1CCC1)c1n[nH]c2ccc(-c3cncc(CN4CCC(F)(F)CC4)c3)cc12. The highest BCUT2D eigenvalue weighted by Crippen LogP contribution is 2.30. The molecule has 7 heteroatoms. The maximum atomic E-state index is 13.4. The lowest BCUT2D eigenvalue weighted by Gasteiger charge is -2.31. The number of rotatable bonds is 6. The van der Waals surface area contributed by atoms with Crippen LogP contribution in [0.4, 0.5) is 8.78 Å². The second-order valence-electron chi connectivity index (χ2n) is 8.80. The Bertz CT molecular complexity index is 1090. The zero-order chi connectivity index (χ0) is 21.4. The number of nitrogens with one attached hydrogen (secondary N) is 2. The van der Waals surface area contributed by atoms with Gasteiger partial charge in [0.15, 0.2) is 0 Å². The Morgan fingerprint density at radius 2 is 1.97 bits per heavy atom. The average molecular weight is 424 g/mol. The van der Waals surface area contributed by atoms with Crippen molar-refractivity contribution in [2.45, 2.75) is 50.6 Å². The summed E-state index contributed by atoms with van der Waals surface area (Å²) in [6.07, 6.45) is 7.15. The monoisotopic (exact) mass is 423 g/mol. The first-order valence-corrected chi connectivity index (χ1v) is 11.0. The number of fused-ring (bicyclic) bond motifs is 1. The van der Waals surface area contributed by atoms with Crippen LogP contribution in [-0.4, -0.2) is 45.1 Å². The number of pyridine rings is 1. The number of aromatic nitrogens is 3. The predicted octanol–water partition coefficient (Wildman–Crippen LogP) is 4.97. The summed E-state index contributed by atoms with van der Waals surface area (Å²) < 4.78 is 26.9. The van der Waals surface area contributed by atoms with Crippen LogP contribution in [0.15, 0.2) is 43.2 Å². The Morgan fingerprint density at radius 1 is 1.16 bits per heavy atom. The van der Waals surface area contributed by atoms with Crippen molar-refractivity contribution in [2.75, 3.05) is 13.1 Å². The van der Waals surface area contributed by atoms with E-state index in [1.807, 2.05) is 18.5 Å². The van der Waals surface area contributed by atoms with E-state index in [1.165, 1.54) is 19.3 Å². The van der Waals surface area contributed by atoms with Crippen LogP contribution < -0.4 is 5.32 Å². The van der Waals surface area contributed by atoms with Crippen LogP contribution in [0.3, 0.4) is 0 Å². The van der Waals surface area contributed by atoms with Crippen molar-refractivity contribution in [3.05, 3.63) is 54.5 Å². The van der Waals surface area contributed by atoms with E-state index >= 15 is 0 Å². The summed E-state index contributed by atoms with van der Waals surface area (Å²) in [6, 6.07) is 8.79. The van der Waals surface area contributed by atoms with Crippen molar-refractivity contribution in [1.82, 2.24) is 25.4 Å². The number of benzene rings is 1. The fraction of sp³-hybridized carbons (Fsp3) is 0.417. The third kappa shape index (κ3) is 4.32. The van der Waals surface area contributed by atoms with Crippen molar-refractivity contribution in [2.24, 2.45) is 0 Å². The van der Waals surface area contributed by atoms with Crippen molar-refractivity contribution in [3.8, 4) is 11.1 Å². The maximum absolute atomic E-state index is 13.4. The molecule has 5 nitrogen and oxygen atoms in total. The van der Waals surface area contributed by atoms with E-state index in [9.17, 15) is 8.78 Å². The van der Waals surface area contributed by atoms with Gasteiger partial charge in [0, 0.05) is 61.9 Å². The number of H-pyrrole nitrogens is 1. The summed E-state index contributed by atoms with van der Waals surface area (Å²) in [5.74, 6) is -2.52. The van der Waals surface area contributed by atoms with Crippen LogP contribution in [0.25, 0.3) is 27.7 Å². The maximum Gasteiger partial charge on any atom is 0.250 e. The lowest BCUT2D eigenvalue weighted by atomic mass is 9.92. The largest absolute Gasteiger partial charge is 0.381 e. The van der Waals surface area contributed by atoms with Gasteiger partial charge < -0.3 is 5.32 Å². The van der Waals surface area contributed by atoms with Crippen LogP contribution in [0.2, 0.25) is 0 Å². The van der Waals surface area contributed by atoms with Gasteiger partial charge >= 0.3 is 0 Å². The summed E-state index contributed by atoms with van der Waals surface area (Å²) in [6.45, 7) is 5.66.